The molecule has 1 atom stereocenters. The minimum absolute atomic E-state index is 0.148. The van der Waals surface area contributed by atoms with Crippen LogP contribution in [0.2, 0.25) is 0 Å². The highest BCUT2D eigenvalue weighted by Crippen LogP contribution is 2.33. The minimum Gasteiger partial charge on any atom is -0.299 e. The summed E-state index contributed by atoms with van der Waals surface area (Å²) >= 11 is 0. The van der Waals surface area contributed by atoms with E-state index in [0.29, 0.717) is 23.7 Å². The minimum atomic E-state index is -0.148. The fraction of sp³-hybridized carbons (Fsp3) is 0.391. The maximum Gasteiger partial charge on any atom is 0.261 e. The van der Waals surface area contributed by atoms with Crippen molar-refractivity contribution in [2.75, 3.05) is 20.1 Å². The van der Waals surface area contributed by atoms with Gasteiger partial charge in [-0.3, -0.25) is 19.4 Å². The summed E-state index contributed by atoms with van der Waals surface area (Å²) in [6.45, 7) is 1.48. The number of carbonyl (C=O) groups excluding carboxylic acids is 2. The van der Waals surface area contributed by atoms with Gasteiger partial charge in [-0.25, -0.2) is 0 Å². The van der Waals surface area contributed by atoms with Crippen molar-refractivity contribution in [3.63, 3.8) is 0 Å². The lowest BCUT2D eigenvalue weighted by Gasteiger charge is -2.33. The Hall–Kier alpha value is -2.46. The van der Waals surface area contributed by atoms with Gasteiger partial charge in [0.1, 0.15) is 0 Å². The van der Waals surface area contributed by atoms with E-state index in [4.69, 9.17) is 0 Å². The van der Waals surface area contributed by atoms with Crippen LogP contribution >= 0.6 is 0 Å². The molecule has 4 nitrogen and oxygen atoms in total. The summed E-state index contributed by atoms with van der Waals surface area (Å²) < 4.78 is 0. The number of hydrogen-bond acceptors (Lipinski definition) is 3. The van der Waals surface area contributed by atoms with Gasteiger partial charge in [0.05, 0.1) is 11.1 Å². The van der Waals surface area contributed by atoms with Crippen LogP contribution in [0.4, 0.5) is 0 Å². The van der Waals surface area contributed by atoms with Crippen LogP contribution in [-0.4, -0.2) is 41.8 Å². The van der Waals surface area contributed by atoms with E-state index in [2.05, 4.69) is 36.2 Å². The Kier molecular flexibility index (Phi) is 5.08. The van der Waals surface area contributed by atoms with Gasteiger partial charge in [0.15, 0.2) is 0 Å². The topological polar surface area (TPSA) is 40.6 Å². The maximum absolute atomic E-state index is 12.4. The molecule has 4 heteroatoms. The number of imide groups is 1. The second-order valence-electron chi connectivity index (χ2n) is 7.60. The van der Waals surface area contributed by atoms with Crippen molar-refractivity contribution >= 4 is 11.8 Å². The molecule has 2 aliphatic rings. The highest BCUT2D eigenvalue weighted by Gasteiger charge is 2.34. The van der Waals surface area contributed by atoms with Crippen LogP contribution in [0, 0.1) is 0 Å². The molecule has 0 radical (unpaired) electrons. The van der Waals surface area contributed by atoms with Crippen molar-refractivity contribution < 1.29 is 9.59 Å². The molecule has 0 spiro atoms. The predicted molar refractivity (Wildman–Crippen MR) is 106 cm³/mol. The number of unbranched alkanes of at least 4 members (excludes halogenated alkanes) is 1. The summed E-state index contributed by atoms with van der Waals surface area (Å²) in [6.07, 6.45) is 5.43. The second-order valence-corrected chi connectivity index (χ2v) is 7.60. The molecular formula is C23H26N2O2. The lowest BCUT2D eigenvalue weighted by atomic mass is 9.87. The standard InChI is InChI=1S/C23H26N2O2/c1-24(21-14-8-10-17-9-2-3-11-18(17)21)15-6-7-16-25-22(26)19-12-4-5-13-20(19)23(25)27/h2-5,9,11-13,21H,6-8,10,14-16H2,1H3/t21-/m0/s1. The van der Waals surface area contributed by atoms with Crippen LogP contribution in [0.5, 0.6) is 0 Å². The summed E-state index contributed by atoms with van der Waals surface area (Å²) in [4.78, 5) is 28.7. The molecule has 0 bridgehead atoms. The first-order valence-electron chi connectivity index (χ1n) is 9.90. The lowest BCUT2D eigenvalue weighted by molar-refractivity contribution is 0.0650. The first kappa shape index (κ1) is 17.9. The second kappa shape index (κ2) is 7.65. The van der Waals surface area contributed by atoms with Gasteiger partial charge < -0.3 is 0 Å². The van der Waals surface area contributed by atoms with Gasteiger partial charge in [0, 0.05) is 12.6 Å². The number of amides is 2. The number of hydrogen-bond donors (Lipinski definition) is 0. The largest absolute Gasteiger partial charge is 0.299 e. The molecule has 27 heavy (non-hydrogen) atoms. The smallest absolute Gasteiger partial charge is 0.261 e. The molecule has 0 N–H and O–H groups in total. The van der Waals surface area contributed by atoms with Crippen LogP contribution in [0.15, 0.2) is 48.5 Å². The Morgan fingerprint density at radius 2 is 1.63 bits per heavy atom. The fourth-order valence-electron chi connectivity index (χ4n) is 4.42. The van der Waals surface area contributed by atoms with E-state index in [1.165, 1.54) is 35.3 Å². The monoisotopic (exact) mass is 362 g/mol. The van der Waals surface area contributed by atoms with Gasteiger partial charge in [0.2, 0.25) is 0 Å². The molecule has 0 saturated carbocycles. The van der Waals surface area contributed by atoms with Crippen molar-refractivity contribution in [1.29, 1.82) is 0 Å². The number of carbonyl (C=O) groups is 2. The zero-order chi connectivity index (χ0) is 18.8. The van der Waals surface area contributed by atoms with Gasteiger partial charge in [-0.05, 0) is 69.0 Å². The first-order chi connectivity index (χ1) is 13.2. The molecule has 2 aromatic carbocycles. The molecule has 0 unspecified atom stereocenters. The van der Waals surface area contributed by atoms with Gasteiger partial charge >= 0.3 is 0 Å². The number of fused-ring (bicyclic) bond motifs is 2. The predicted octanol–water partition coefficient (Wildman–Crippen LogP) is 4.07. The third-order valence-corrected chi connectivity index (χ3v) is 5.89. The molecule has 2 aromatic rings. The zero-order valence-corrected chi connectivity index (χ0v) is 15.9. The first-order valence-corrected chi connectivity index (χ1v) is 9.90. The van der Waals surface area contributed by atoms with E-state index in [1.807, 2.05) is 12.1 Å². The van der Waals surface area contributed by atoms with E-state index >= 15 is 0 Å². The molecular weight excluding hydrogens is 336 g/mol. The molecule has 0 aromatic heterocycles. The number of benzene rings is 2. The number of rotatable bonds is 6. The Morgan fingerprint density at radius 1 is 0.963 bits per heavy atom. The molecule has 140 valence electrons. The van der Waals surface area contributed by atoms with E-state index < -0.39 is 0 Å². The van der Waals surface area contributed by atoms with Crippen molar-refractivity contribution in [3.8, 4) is 0 Å². The Bertz CT molecular complexity index is 826. The molecule has 1 aliphatic carbocycles. The van der Waals surface area contributed by atoms with E-state index in [0.717, 1.165) is 19.4 Å². The van der Waals surface area contributed by atoms with Gasteiger partial charge in [-0.15, -0.1) is 0 Å². The van der Waals surface area contributed by atoms with Gasteiger partial charge in [-0.1, -0.05) is 36.4 Å². The molecule has 1 aliphatic heterocycles. The van der Waals surface area contributed by atoms with Crippen molar-refractivity contribution in [2.45, 2.75) is 38.1 Å². The quantitative estimate of drug-likeness (QED) is 0.574. The highest BCUT2D eigenvalue weighted by molar-refractivity contribution is 6.21. The van der Waals surface area contributed by atoms with E-state index in [-0.39, 0.29) is 11.8 Å². The third kappa shape index (κ3) is 3.42. The zero-order valence-electron chi connectivity index (χ0n) is 15.9. The van der Waals surface area contributed by atoms with Gasteiger partial charge in [-0.2, -0.15) is 0 Å². The van der Waals surface area contributed by atoms with E-state index in [1.54, 1.807) is 12.1 Å². The van der Waals surface area contributed by atoms with Crippen LogP contribution in [0.25, 0.3) is 0 Å². The van der Waals surface area contributed by atoms with Crippen LogP contribution < -0.4 is 0 Å². The Labute approximate surface area is 160 Å². The maximum atomic E-state index is 12.4. The van der Waals surface area contributed by atoms with Crippen LogP contribution in [0.3, 0.4) is 0 Å². The number of nitrogens with zero attached hydrogens (tertiary/aromatic N) is 2. The summed E-state index contributed by atoms with van der Waals surface area (Å²) in [7, 11) is 2.19. The van der Waals surface area contributed by atoms with Crippen LogP contribution in [-0.2, 0) is 6.42 Å². The summed E-state index contributed by atoms with van der Waals surface area (Å²) in [5.41, 5.74) is 4.02. The average molecular weight is 362 g/mol. The number of aryl methyl sites for hydroxylation is 1. The van der Waals surface area contributed by atoms with Crippen LogP contribution in [0.1, 0.15) is 63.6 Å². The molecule has 0 fully saturated rings. The van der Waals surface area contributed by atoms with Gasteiger partial charge in [0.25, 0.3) is 11.8 Å². The Morgan fingerprint density at radius 3 is 2.37 bits per heavy atom. The van der Waals surface area contributed by atoms with Crippen molar-refractivity contribution in [2.24, 2.45) is 0 Å². The summed E-state index contributed by atoms with van der Waals surface area (Å²) in [6, 6.07) is 16.3. The summed E-state index contributed by atoms with van der Waals surface area (Å²) in [5.74, 6) is -0.296. The highest BCUT2D eigenvalue weighted by atomic mass is 16.2. The average Bonchev–Trinajstić information content (AvgIpc) is 2.95. The normalized spacial score (nSPS) is 18.7. The third-order valence-electron chi connectivity index (χ3n) is 5.89. The SMILES string of the molecule is CN(CCCCN1C(=O)c2ccccc2C1=O)[C@H]1CCCc2ccccc21. The molecule has 1 heterocycles. The van der Waals surface area contributed by atoms with E-state index in [9.17, 15) is 9.59 Å². The Balaban J connectivity index is 1.30. The molecule has 2 amide bonds. The summed E-state index contributed by atoms with van der Waals surface area (Å²) in [5, 5.41) is 0. The van der Waals surface area contributed by atoms with Crippen molar-refractivity contribution in [3.05, 3.63) is 70.8 Å². The lowest BCUT2D eigenvalue weighted by Crippen LogP contribution is -2.32. The fourth-order valence-corrected chi connectivity index (χ4v) is 4.42. The molecule has 4 rings (SSSR count). The van der Waals surface area contributed by atoms with Crippen molar-refractivity contribution in [1.82, 2.24) is 9.80 Å². The molecule has 0 saturated heterocycles.